The van der Waals surface area contributed by atoms with Crippen LogP contribution in [-0.2, 0) is 6.67 Å². The van der Waals surface area contributed by atoms with Gasteiger partial charge in [-0.3, -0.25) is 0 Å². The zero-order chi connectivity index (χ0) is 30.4. The zero-order valence-electron chi connectivity index (χ0n) is 25.1. The molecule has 1 heterocycles. The molecule has 0 saturated carbocycles. The molecule has 218 valence electrons. The van der Waals surface area contributed by atoms with Crippen molar-refractivity contribution in [1.29, 1.82) is 0 Å². The van der Waals surface area contributed by atoms with Crippen molar-refractivity contribution in [2.24, 2.45) is 9.98 Å². The second-order valence-corrected chi connectivity index (χ2v) is 10.8. The first-order chi connectivity index (χ1) is 22.3. The van der Waals surface area contributed by atoms with Crippen LogP contribution in [0.25, 0.3) is 32.9 Å². The molecule has 45 heavy (non-hydrogen) atoms. The van der Waals surface area contributed by atoms with E-state index in [1.54, 1.807) is 0 Å². The minimum Gasteiger partial charge on any atom is -0.373 e. The van der Waals surface area contributed by atoms with Gasteiger partial charge in [-0.05, 0) is 35.9 Å². The van der Waals surface area contributed by atoms with Crippen LogP contribution in [0.5, 0.6) is 0 Å². The third kappa shape index (κ3) is 5.84. The van der Waals surface area contributed by atoms with Crippen LogP contribution in [0.2, 0.25) is 0 Å². The molecular formula is C40H33N5. The van der Waals surface area contributed by atoms with Gasteiger partial charge < -0.3 is 15.2 Å². The smallest absolute Gasteiger partial charge is 0.158 e. The lowest BCUT2D eigenvalue weighted by molar-refractivity contribution is 0.791. The monoisotopic (exact) mass is 583 g/mol. The summed E-state index contributed by atoms with van der Waals surface area (Å²) in [4.78, 5) is 10.2. The molecule has 0 saturated heterocycles. The maximum Gasteiger partial charge on any atom is 0.158 e. The van der Waals surface area contributed by atoms with E-state index in [9.17, 15) is 0 Å². The molecule has 6 aromatic carbocycles. The first-order valence-electron chi connectivity index (χ1n) is 15.1. The van der Waals surface area contributed by atoms with Crippen LogP contribution in [0.4, 0.5) is 11.4 Å². The van der Waals surface area contributed by atoms with Crippen LogP contribution < -0.4 is 10.6 Å². The van der Waals surface area contributed by atoms with Crippen molar-refractivity contribution in [3.63, 3.8) is 0 Å². The molecule has 0 bridgehead atoms. The Morgan fingerprint density at radius 1 is 0.600 bits per heavy atom. The highest BCUT2D eigenvalue weighted by Gasteiger charge is 2.14. The lowest BCUT2D eigenvalue weighted by atomic mass is 10.0. The van der Waals surface area contributed by atoms with Gasteiger partial charge in [0.05, 0.1) is 11.0 Å². The minimum absolute atomic E-state index is 0.414. The molecule has 0 spiro atoms. The van der Waals surface area contributed by atoms with Gasteiger partial charge in [-0.25, -0.2) is 9.98 Å². The first-order valence-corrected chi connectivity index (χ1v) is 15.1. The molecule has 7 rings (SSSR count). The fourth-order valence-electron chi connectivity index (χ4n) is 5.77. The predicted octanol–water partition coefficient (Wildman–Crippen LogP) is 9.28. The lowest BCUT2D eigenvalue weighted by Crippen LogP contribution is -2.21. The van der Waals surface area contributed by atoms with Crippen LogP contribution >= 0.6 is 0 Å². The van der Waals surface area contributed by atoms with E-state index in [1.165, 1.54) is 10.8 Å². The number of aliphatic imine (C=N–C) groups is 2. The third-order valence-electron chi connectivity index (χ3n) is 7.96. The fraction of sp³-hybridized carbons (Fsp3) is 0.0500. The molecule has 0 fully saturated rings. The van der Waals surface area contributed by atoms with E-state index in [1.807, 2.05) is 61.6 Å². The largest absolute Gasteiger partial charge is 0.373 e. The Balaban J connectivity index is 1.35. The lowest BCUT2D eigenvalue weighted by Gasteiger charge is -2.13. The summed E-state index contributed by atoms with van der Waals surface area (Å²) in [5.74, 6) is 1.44. The topological polar surface area (TPSA) is 53.7 Å². The van der Waals surface area contributed by atoms with Crippen molar-refractivity contribution in [2.75, 3.05) is 12.4 Å². The number of nitrogens with one attached hydrogen (secondary N) is 2. The number of nitrogens with zero attached hydrogens (tertiary/aromatic N) is 3. The highest BCUT2D eigenvalue weighted by Crippen LogP contribution is 2.36. The standard InChI is InChI=1S/C40H33N5/c1-41-39(29-15-5-2-6-16-29)44-40(30-17-7-3-8-18-30)42-28-45-37-24-14-12-22-34(37)35-26-25-31(27-38(35)45)33-21-11-13-23-36(33)43-32-19-9-4-10-20-32/h2-27,43H,28H2,1H3,(H,41,42,44). The van der Waals surface area contributed by atoms with E-state index in [0.717, 1.165) is 50.5 Å². The van der Waals surface area contributed by atoms with Gasteiger partial charge in [0.2, 0.25) is 0 Å². The number of para-hydroxylation sites is 3. The third-order valence-corrected chi connectivity index (χ3v) is 7.96. The molecule has 0 aliphatic rings. The fourth-order valence-corrected chi connectivity index (χ4v) is 5.77. The van der Waals surface area contributed by atoms with Gasteiger partial charge in [-0.2, -0.15) is 0 Å². The molecule has 0 aliphatic carbocycles. The van der Waals surface area contributed by atoms with E-state index in [2.05, 4.69) is 118 Å². The number of hydrogen-bond acceptors (Lipinski definition) is 2. The first kappa shape index (κ1) is 27.9. The number of benzene rings is 6. The Kier molecular flexibility index (Phi) is 7.89. The molecule has 0 atom stereocenters. The summed E-state index contributed by atoms with van der Waals surface area (Å²) >= 11 is 0. The number of amidine groups is 2. The number of anilines is 2. The highest BCUT2D eigenvalue weighted by molar-refractivity contribution is 6.12. The van der Waals surface area contributed by atoms with E-state index in [4.69, 9.17) is 9.98 Å². The normalized spacial score (nSPS) is 12.0. The van der Waals surface area contributed by atoms with Crippen molar-refractivity contribution in [3.05, 3.63) is 169 Å². The Morgan fingerprint density at radius 3 is 1.98 bits per heavy atom. The Morgan fingerprint density at radius 2 is 1.22 bits per heavy atom. The van der Waals surface area contributed by atoms with E-state index in [0.29, 0.717) is 12.5 Å². The molecular weight excluding hydrogens is 550 g/mol. The van der Waals surface area contributed by atoms with E-state index < -0.39 is 0 Å². The van der Waals surface area contributed by atoms with Crippen LogP contribution in [0.15, 0.2) is 168 Å². The Labute approximate surface area is 263 Å². The average molecular weight is 584 g/mol. The van der Waals surface area contributed by atoms with Gasteiger partial charge in [0.1, 0.15) is 12.5 Å². The van der Waals surface area contributed by atoms with Crippen LogP contribution in [0.3, 0.4) is 0 Å². The zero-order valence-corrected chi connectivity index (χ0v) is 25.1. The van der Waals surface area contributed by atoms with Crippen molar-refractivity contribution in [1.82, 2.24) is 9.88 Å². The van der Waals surface area contributed by atoms with Crippen molar-refractivity contribution < 1.29 is 0 Å². The van der Waals surface area contributed by atoms with Crippen molar-refractivity contribution in [3.8, 4) is 11.1 Å². The van der Waals surface area contributed by atoms with Crippen LogP contribution in [-0.4, -0.2) is 23.3 Å². The quantitative estimate of drug-likeness (QED) is 0.145. The van der Waals surface area contributed by atoms with Crippen molar-refractivity contribution in [2.45, 2.75) is 6.67 Å². The summed E-state index contributed by atoms with van der Waals surface area (Å²) in [5.41, 5.74) is 8.62. The molecule has 2 N–H and O–H groups in total. The van der Waals surface area contributed by atoms with Crippen LogP contribution in [0.1, 0.15) is 11.1 Å². The van der Waals surface area contributed by atoms with E-state index in [-0.39, 0.29) is 0 Å². The maximum atomic E-state index is 5.17. The van der Waals surface area contributed by atoms with Crippen molar-refractivity contribution >= 4 is 44.9 Å². The predicted molar refractivity (Wildman–Crippen MR) is 190 cm³/mol. The van der Waals surface area contributed by atoms with Gasteiger partial charge in [0.25, 0.3) is 0 Å². The van der Waals surface area contributed by atoms with Gasteiger partial charge in [0, 0.05) is 45.9 Å². The molecule has 5 nitrogen and oxygen atoms in total. The number of aromatic nitrogens is 1. The molecule has 0 radical (unpaired) electrons. The molecule has 7 aromatic rings. The Hall–Kier alpha value is -5.94. The summed E-state index contributed by atoms with van der Waals surface area (Å²) in [6, 6.07) is 54.3. The molecule has 0 aliphatic heterocycles. The van der Waals surface area contributed by atoms with Gasteiger partial charge in [0.15, 0.2) is 5.84 Å². The summed E-state index contributed by atoms with van der Waals surface area (Å²) < 4.78 is 2.29. The molecule has 0 amide bonds. The van der Waals surface area contributed by atoms with Gasteiger partial charge >= 0.3 is 0 Å². The summed E-state index contributed by atoms with van der Waals surface area (Å²) in [6.07, 6.45) is 0. The molecule has 5 heteroatoms. The molecule has 1 aromatic heterocycles. The highest BCUT2D eigenvalue weighted by atomic mass is 15.1. The summed E-state index contributed by atoms with van der Waals surface area (Å²) in [6.45, 7) is 0.414. The number of fused-ring (bicyclic) bond motifs is 3. The van der Waals surface area contributed by atoms with Gasteiger partial charge in [-0.15, -0.1) is 0 Å². The SMILES string of the molecule is CN/C(=N\C(=N/Cn1c2ccccc2c2ccc(-c3ccccc3Nc3ccccc3)cc21)c1ccccc1)c1ccccc1. The summed E-state index contributed by atoms with van der Waals surface area (Å²) in [7, 11) is 1.90. The number of rotatable bonds is 7. The maximum absolute atomic E-state index is 5.17. The van der Waals surface area contributed by atoms with Gasteiger partial charge in [-0.1, -0.05) is 127 Å². The second kappa shape index (κ2) is 12.7. The Bertz CT molecular complexity index is 2130. The number of hydrogen-bond donors (Lipinski definition) is 2. The molecule has 0 unspecified atom stereocenters. The van der Waals surface area contributed by atoms with E-state index >= 15 is 0 Å². The average Bonchev–Trinajstić information content (AvgIpc) is 3.42. The van der Waals surface area contributed by atoms with Crippen LogP contribution in [0, 0.1) is 0 Å². The summed E-state index contributed by atoms with van der Waals surface area (Å²) in [5, 5.41) is 9.28. The minimum atomic E-state index is 0.414. The second-order valence-electron chi connectivity index (χ2n) is 10.8.